The smallest absolute Gasteiger partial charge is 0.241 e. The summed E-state index contributed by atoms with van der Waals surface area (Å²) in [5.41, 5.74) is 4.43. The van der Waals surface area contributed by atoms with Crippen LogP contribution in [-0.4, -0.2) is 52.3 Å². The Morgan fingerprint density at radius 2 is 1.35 bits per heavy atom. The first-order valence-corrected chi connectivity index (χ1v) is 9.92. The highest BCUT2D eigenvalue weighted by molar-refractivity contribution is 7.89. The fourth-order valence-corrected chi connectivity index (χ4v) is 4.29. The monoisotopic (exact) mass is 383 g/mol. The number of carbonyl (C=O) groups excluding carboxylic acids is 2. The van der Waals surface area contributed by atoms with Crippen molar-refractivity contribution in [3.63, 3.8) is 0 Å². The number of nitrogens with zero attached hydrogens (tertiary/aromatic N) is 1. The molecule has 26 heavy (non-hydrogen) atoms. The summed E-state index contributed by atoms with van der Waals surface area (Å²) in [6, 6.07) is 0. The lowest BCUT2D eigenvalue weighted by atomic mass is 9.95. The molecule has 7 nitrogen and oxygen atoms in total. The molecule has 0 unspecified atom stereocenters. The Hall–Kier alpha value is -1.93. The molecule has 0 aromatic heterocycles. The van der Waals surface area contributed by atoms with Gasteiger partial charge in [-0.2, -0.15) is 0 Å². The third kappa shape index (κ3) is 5.04. The van der Waals surface area contributed by atoms with Crippen molar-refractivity contribution in [2.45, 2.75) is 45.9 Å². The second-order valence-electron chi connectivity index (χ2n) is 6.67. The summed E-state index contributed by atoms with van der Waals surface area (Å²) in [5.74, 6) is -0.608. The molecule has 0 heterocycles. The molecule has 2 amide bonds. The van der Waals surface area contributed by atoms with Crippen LogP contribution in [0.5, 0.6) is 0 Å². The van der Waals surface area contributed by atoms with Crippen LogP contribution in [0.25, 0.3) is 0 Å². The molecule has 1 aromatic carbocycles. The summed E-state index contributed by atoms with van der Waals surface area (Å²) >= 11 is 0. The zero-order chi connectivity index (χ0) is 20.2. The standard InChI is InChI=1S/C18H29N3O4S/c1-11-12(2)14(4)18(15(5)13(11)3)26(24,25)20-9-8-16(22)19-10-17(23)21(6)7/h20H,8-10H2,1-7H3,(H,19,22). The van der Waals surface area contributed by atoms with E-state index < -0.39 is 10.0 Å². The Kier molecular flexibility index (Phi) is 7.35. The second-order valence-corrected chi connectivity index (χ2v) is 8.37. The van der Waals surface area contributed by atoms with Crippen molar-refractivity contribution in [2.24, 2.45) is 0 Å². The quantitative estimate of drug-likeness (QED) is 0.737. The molecule has 0 saturated heterocycles. The minimum absolute atomic E-state index is 0.0326. The number of rotatable bonds is 7. The minimum atomic E-state index is -3.73. The molecular formula is C18H29N3O4S. The van der Waals surface area contributed by atoms with Crippen molar-refractivity contribution < 1.29 is 18.0 Å². The molecule has 0 radical (unpaired) electrons. The van der Waals surface area contributed by atoms with Crippen molar-refractivity contribution in [3.05, 3.63) is 27.8 Å². The summed E-state index contributed by atoms with van der Waals surface area (Å²) in [6.07, 6.45) is -0.0398. The molecule has 0 aliphatic carbocycles. The molecule has 0 aliphatic heterocycles. The Bertz CT molecular complexity index is 785. The lowest BCUT2D eigenvalue weighted by Gasteiger charge is -2.19. The van der Waals surface area contributed by atoms with E-state index in [0.29, 0.717) is 0 Å². The summed E-state index contributed by atoms with van der Waals surface area (Å²) in [4.78, 5) is 24.8. The number of benzene rings is 1. The predicted molar refractivity (Wildman–Crippen MR) is 102 cm³/mol. The van der Waals surface area contributed by atoms with Gasteiger partial charge in [-0.05, 0) is 62.4 Å². The Morgan fingerprint density at radius 3 is 1.81 bits per heavy atom. The van der Waals surface area contributed by atoms with Crippen LogP contribution in [0.1, 0.15) is 34.2 Å². The molecule has 0 saturated carbocycles. The normalized spacial score (nSPS) is 11.3. The molecule has 8 heteroatoms. The van der Waals surface area contributed by atoms with E-state index >= 15 is 0 Å². The van der Waals surface area contributed by atoms with Crippen molar-refractivity contribution in [3.8, 4) is 0 Å². The Balaban J connectivity index is 2.80. The molecule has 1 rings (SSSR count). The van der Waals surface area contributed by atoms with Gasteiger partial charge in [0, 0.05) is 27.1 Å². The average molecular weight is 384 g/mol. The number of nitrogens with one attached hydrogen (secondary N) is 2. The third-order valence-corrected chi connectivity index (χ3v) is 6.51. The number of amides is 2. The molecule has 0 fully saturated rings. The lowest BCUT2D eigenvalue weighted by Crippen LogP contribution is -2.37. The maximum atomic E-state index is 12.7. The third-order valence-electron chi connectivity index (χ3n) is 4.78. The van der Waals surface area contributed by atoms with Gasteiger partial charge in [0.2, 0.25) is 21.8 Å². The van der Waals surface area contributed by atoms with Crippen LogP contribution >= 0.6 is 0 Å². The SMILES string of the molecule is Cc1c(C)c(C)c(S(=O)(=O)NCCC(=O)NCC(=O)N(C)C)c(C)c1C. The van der Waals surface area contributed by atoms with Gasteiger partial charge in [0.15, 0.2) is 0 Å². The largest absolute Gasteiger partial charge is 0.347 e. The van der Waals surface area contributed by atoms with Gasteiger partial charge in [-0.1, -0.05) is 0 Å². The fraction of sp³-hybridized carbons (Fsp3) is 0.556. The van der Waals surface area contributed by atoms with Crippen LogP contribution in [0, 0.1) is 34.6 Å². The van der Waals surface area contributed by atoms with E-state index in [-0.39, 0.29) is 36.2 Å². The molecular weight excluding hydrogens is 354 g/mol. The Morgan fingerprint density at radius 1 is 0.885 bits per heavy atom. The summed E-state index contributed by atoms with van der Waals surface area (Å²) < 4.78 is 27.9. The van der Waals surface area contributed by atoms with Crippen LogP contribution in [-0.2, 0) is 19.6 Å². The number of hydrogen-bond acceptors (Lipinski definition) is 4. The van der Waals surface area contributed by atoms with Gasteiger partial charge in [-0.25, -0.2) is 13.1 Å². The molecule has 0 atom stereocenters. The first-order chi connectivity index (χ1) is 11.9. The van der Waals surface area contributed by atoms with Crippen LogP contribution in [0.3, 0.4) is 0 Å². The molecule has 0 aliphatic rings. The van der Waals surface area contributed by atoms with Gasteiger partial charge < -0.3 is 10.2 Å². The zero-order valence-electron chi connectivity index (χ0n) is 16.6. The minimum Gasteiger partial charge on any atom is -0.347 e. The first kappa shape index (κ1) is 22.1. The maximum Gasteiger partial charge on any atom is 0.241 e. The van der Waals surface area contributed by atoms with Crippen molar-refractivity contribution in [1.82, 2.24) is 14.9 Å². The summed E-state index contributed by atoms with van der Waals surface area (Å²) in [7, 11) is -0.537. The van der Waals surface area contributed by atoms with Crippen molar-refractivity contribution in [1.29, 1.82) is 0 Å². The highest BCUT2D eigenvalue weighted by Gasteiger charge is 2.23. The van der Waals surface area contributed by atoms with Gasteiger partial charge in [-0.15, -0.1) is 0 Å². The van der Waals surface area contributed by atoms with E-state index in [9.17, 15) is 18.0 Å². The van der Waals surface area contributed by atoms with E-state index in [0.717, 1.165) is 27.8 Å². The van der Waals surface area contributed by atoms with Gasteiger partial charge in [0.25, 0.3) is 0 Å². The van der Waals surface area contributed by atoms with Crippen LogP contribution < -0.4 is 10.0 Å². The number of carbonyl (C=O) groups is 2. The van der Waals surface area contributed by atoms with Crippen molar-refractivity contribution >= 4 is 21.8 Å². The first-order valence-electron chi connectivity index (χ1n) is 8.43. The number of hydrogen-bond donors (Lipinski definition) is 2. The highest BCUT2D eigenvalue weighted by atomic mass is 32.2. The zero-order valence-corrected chi connectivity index (χ0v) is 17.4. The van der Waals surface area contributed by atoms with Crippen LogP contribution in [0.4, 0.5) is 0 Å². The van der Waals surface area contributed by atoms with Crippen LogP contribution in [0.2, 0.25) is 0 Å². The Labute approximate surface area is 156 Å². The van der Waals surface area contributed by atoms with E-state index in [1.165, 1.54) is 4.90 Å². The molecule has 146 valence electrons. The maximum absolute atomic E-state index is 12.7. The van der Waals surface area contributed by atoms with Gasteiger partial charge >= 0.3 is 0 Å². The molecule has 0 bridgehead atoms. The van der Waals surface area contributed by atoms with E-state index in [1.54, 1.807) is 27.9 Å². The van der Waals surface area contributed by atoms with Gasteiger partial charge in [-0.3, -0.25) is 9.59 Å². The van der Waals surface area contributed by atoms with Crippen molar-refractivity contribution in [2.75, 3.05) is 27.2 Å². The molecule has 1 aromatic rings. The molecule has 2 N–H and O–H groups in total. The topological polar surface area (TPSA) is 95.6 Å². The van der Waals surface area contributed by atoms with Gasteiger partial charge in [0.1, 0.15) is 0 Å². The second kappa shape index (κ2) is 8.64. The number of sulfonamides is 1. The van der Waals surface area contributed by atoms with E-state index in [4.69, 9.17) is 0 Å². The molecule has 0 spiro atoms. The summed E-state index contributed by atoms with van der Waals surface area (Å²) in [5, 5.41) is 2.47. The highest BCUT2D eigenvalue weighted by Crippen LogP contribution is 2.29. The van der Waals surface area contributed by atoms with Crippen LogP contribution in [0.15, 0.2) is 4.90 Å². The van der Waals surface area contributed by atoms with Gasteiger partial charge in [0.05, 0.1) is 11.4 Å². The predicted octanol–water partition coefficient (Wildman–Crippen LogP) is 1.10. The van der Waals surface area contributed by atoms with E-state index in [2.05, 4.69) is 10.0 Å². The lowest BCUT2D eigenvalue weighted by molar-refractivity contribution is -0.130. The van der Waals surface area contributed by atoms with E-state index in [1.807, 2.05) is 20.8 Å². The summed E-state index contributed by atoms with van der Waals surface area (Å²) in [6.45, 7) is 9.25. The number of likely N-dealkylation sites (N-methyl/N-ethyl adjacent to an activating group) is 1. The fourth-order valence-electron chi connectivity index (χ4n) is 2.66. The average Bonchev–Trinajstić information content (AvgIpc) is 2.55.